The zero-order chi connectivity index (χ0) is 21.5. The second-order valence-corrected chi connectivity index (χ2v) is 10.0. The Kier molecular flexibility index (Phi) is 5.50. The standard InChI is InChI=1S/C20H22ClN5O3S/c1-12(14-5-6-14)26-18-16(11-23-20(21)25-18)24-17(19(26)27)22-10-9-13-3-7-15(8-4-13)30(2,28)29/h3-4,7-8,11-12,14H,5-6,9-10H2,1-2H3,(H,22,24)/t12-/m0/s1. The molecule has 3 aromatic rings. The summed E-state index contributed by atoms with van der Waals surface area (Å²) >= 11 is 5.95. The van der Waals surface area contributed by atoms with Gasteiger partial charge in [-0.15, -0.1) is 0 Å². The van der Waals surface area contributed by atoms with E-state index in [2.05, 4.69) is 20.3 Å². The van der Waals surface area contributed by atoms with Crippen molar-refractivity contribution in [2.45, 2.75) is 37.1 Å². The van der Waals surface area contributed by atoms with Crippen LogP contribution in [-0.2, 0) is 16.3 Å². The molecule has 0 radical (unpaired) electrons. The molecule has 0 bridgehead atoms. The minimum atomic E-state index is -3.22. The van der Waals surface area contributed by atoms with E-state index >= 15 is 0 Å². The minimum Gasteiger partial charge on any atom is -0.365 e. The van der Waals surface area contributed by atoms with Gasteiger partial charge < -0.3 is 5.32 Å². The predicted molar refractivity (Wildman–Crippen MR) is 116 cm³/mol. The van der Waals surface area contributed by atoms with Gasteiger partial charge in [0.25, 0.3) is 5.56 Å². The number of sulfone groups is 1. The summed E-state index contributed by atoms with van der Waals surface area (Å²) in [4.78, 5) is 26.1. The number of rotatable bonds is 7. The van der Waals surface area contributed by atoms with E-state index in [1.165, 1.54) is 12.5 Å². The van der Waals surface area contributed by atoms with Crippen LogP contribution in [0.2, 0.25) is 5.28 Å². The summed E-state index contributed by atoms with van der Waals surface area (Å²) in [5, 5.41) is 3.20. The molecule has 1 aliphatic carbocycles. The van der Waals surface area contributed by atoms with E-state index in [-0.39, 0.29) is 27.6 Å². The monoisotopic (exact) mass is 447 g/mol. The fourth-order valence-electron chi connectivity index (χ4n) is 3.49. The number of aromatic nitrogens is 4. The number of anilines is 1. The van der Waals surface area contributed by atoms with Gasteiger partial charge in [-0.2, -0.15) is 4.98 Å². The topological polar surface area (TPSA) is 107 Å². The highest BCUT2D eigenvalue weighted by Gasteiger charge is 2.31. The fourth-order valence-corrected chi connectivity index (χ4v) is 4.25. The zero-order valence-electron chi connectivity index (χ0n) is 16.7. The first kappa shape index (κ1) is 20.7. The molecule has 10 heteroatoms. The average Bonchev–Trinajstić information content (AvgIpc) is 3.53. The van der Waals surface area contributed by atoms with Gasteiger partial charge in [-0.1, -0.05) is 12.1 Å². The predicted octanol–water partition coefficient (Wildman–Crippen LogP) is 2.87. The Morgan fingerprint density at radius 1 is 1.23 bits per heavy atom. The molecule has 0 aliphatic heterocycles. The second kappa shape index (κ2) is 7.96. The van der Waals surface area contributed by atoms with E-state index in [4.69, 9.17) is 11.6 Å². The van der Waals surface area contributed by atoms with Crippen molar-refractivity contribution in [1.82, 2.24) is 19.5 Å². The van der Waals surface area contributed by atoms with Crippen LogP contribution >= 0.6 is 11.6 Å². The van der Waals surface area contributed by atoms with Gasteiger partial charge in [0.1, 0.15) is 5.52 Å². The Bertz CT molecular complexity index is 1250. The molecule has 8 nitrogen and oxygen atoms in total. The highest BCUT2D eigenvalue weighted by molar-refractivity contribution is 7.90. The van der Waals surface area contributed by atoms with Gasteiger partial charge in [-0.25, -0.2) is 18.4 Å². The highest BCUT2D eigenvalue weighted by Crippen LogP contribution is 2.39. The van der Waals surface area contributed by atoms with Gasteiger partial charge in [0, 0.05) is 18.8 Å². The lowest BCUT2D eigenvalue weighted by atomic mass is 10.1. The van der Waals surface area contributed by atoms with E-state index in [0.717, 1.165) is 18.4 Å². The third-order valence-electron chi connectivity index (χ3n) is 5.37. The van der Waals surface area contributed by atoms with Crippen LogP contribution in [0.15, 0.2) is 40.2 Å². The molecular weight excluding hydrogens is 426 g/mol. The van der Waals surface area contributed by atoms with Crippen LogP contribution in [-0.4, -0.2) is 40.7 Å². The van der Waals surface area contributed by atoms with Crippen LogP contribution < -0.4 is 10.9 Å². The van der Waals surface area contributed by atoms with Crippen molar-refractivity contribution >= 4 is 38.4 Å². The molecule has 2 aromatic heterocycles. The second-order valence-electron chi connectivity index (χ2n) is 7.65. The Morgan fingerprint density at radius 2 is 1.93 bits per heavy atom. The number of hydrogen-bond donors (Lipinski definition) is 1. The van der Waals surface area contributed by atoms with Crippen molar-refractivity contribution < 1.29 is 8.42 Å². The van der Waals surface area contributed by atoms with Gasteiger partial charge in [-0.3, -0.25) is 9.36 Å². The smallest absolute Gasteiger partial charge is 0.295 e. The highest BCUT2D eigenvalue weighted by atomic mass is 35.5. The van der Waals surface area contributed by atoms with Crippen molar-refractivity contribution in [2.24, 2.45) is 5.92 Å². The van der Waals surface area contributed by atoms with Crippen molar-refractivity contribution in [3.05, 3.63) is 51.7 Å². The SMILES string of the molecule is C[C@@H](C1CC1)n1c(=O)c(NCCc2ccc(S(C)(=O)=O)cc2)nc2cnc(Cl)nc21. The van der Waals surface area contributed by atoms with Crippen LogP contribution in [0.25, 0.3) is 11.2 Å². The molecule has 1 aromatic carbocycles. The largest absolute Gasteiger partial charge is 0.365 e. The number of hydrogen-bond acceptors (Lipinski definition) is 7. The summed E-state index contributed by atoms with van der Waals surface area (Å²) in [5.41, 5.74) is 1.68. The van der Waals surface area contributed by atoms with Crippen LogP contribution in [0.5, 0.6) is 0 Å². The lowest BCUT2D eigenvalue weighted by molar-refractivity contribution is 0.482. The molecule has 1 aliphatic rings. The molecule has 1 saturated carbocycles. The number of nitrogens with zero attached hydrogens (tertiary/aromatic N) is 4. The van der Waals surface area contributed by atoms with Crippen molar-refractivity contribution in [1.29, 1.82) is 0 Å². The molecule has 2 heterocycles. The lowest BCUT2D eigenvalue weighted by Gasteiger charge is -2.18. The first-order valence-corrected chi connectivity index (χ1v) is 12.0. The summed E-state index contributed by atoms with van der Waals surface area (Å²) in [7, 11) is -3.22. The molecule has 0 amide bonds. The molecule has 4 rings (SSSR count). The fraction of sp³-hybridized carbons (Fsp3) is 0.400. The first-order valence-electron chi connectivity index (χ1n) is 9.71. The minimum absolute atomic E-state index is 0.00180. The van der Waals surface area contributed by atoms with E-state index in [1.807, 2.05) is 6.92 Å². The quantitative estimate of drug-likeness (QED) is 0.555. The third-order valence-corrected chi connectivity index (χ3v) is 6.68. The van der Waals surface area contributed by atoms with Gasteiger partial charge in [0.15, 0.2) is 21.3 Å². The normalized spacial score (nSPS) is 15.3. The Labute approximate surface area is 179 Å². The van der Waals surface area contributed by atoms with Crippen LogP contribution in [0.1, 0.15) is 31.4 Å². The summed E-state index contributed by atoms with van der Waals surface area (Å²) in [6.45, 7) is 2.49. The maximum Gasteiger partial charge on any atom is 0.295 e. The number of fused-ring (bicyclic) bond motifs is 1. The molecule has 1 fully saturated rings. The van der Waals surface area contributed by atoms with Gasteiger partial charge in [0.05, 0.1) is 11.1 Å². The maximum atomic E-state index is 13.1. The molecule has 0 spiro atoms. The van der Waals surface area contributed by atoms with Crippen molar-refractivity contribution in [3.63, 3.8) is 0 Å². The summed E-state index contributed by atoms with van der Waals surface area (Å²) in [6, 6.07) is 6.72. The van der Waals surface area contributed by atoms with Crippen LogP contribution in [0.3, 0.4) is 0 Å². The Morgan fingerprint density at radius 3 is 2.57 bits per heavy atom. The summed E-state index contributed by atoms with van der Waals surface area (Å²) in [6.07, 6.45) is 5.48. The zero-order valence-corrected chi connectivity index (χ0v) is 18.2. The third kappa shape index (κ3) is 4.32. The molecular formula is C20H22ClN5O3S. The molecule has 0 saturated heterocycles. The molecule has 158 valence electrons. The Hall–Kier alpha value is -2.52. The van der Waals surface area contributed by atoms with E-state index in [0.29, 0.717) is 30.0 Å². The van der Waals surface area contributed by atoms with Crippen LogP contribution in [0, 0.1) is 5.92 Å². The maximum absolute atomic E-state index is 13.1. The van der Waals surface area contributed by atoms with E-state index < -0.39 is 9.84 Å². The number of nitrogens with one attached hydrogen (secondary N) is 1. The first-order chi connectivity index (χ1) is 14.2. The van der Waals surface area contributed by atoms with E-state index in [9.17, 15) is 13.2 Å². The lowest BCUT2D eigenvalue weighted by Crippen LogP contribution is -2.29. The Balaban J connectivity index is 1.58. The van der Waals surface area contributed by atoms with Crippen molar-refractivity contribution in [2.75, 3.05) is 18.1 Å². The van der Waals surface area contributed by atoms with Gasteiger partial charge >= 0.3 is 0 Å². The van der Waals surface area contributed by atoms with E-state index in [1.54, 1.807) is 28.8 Å². The summed E-state index contributed by atoms with van der Waals surface area (Å²) < 4.78 is 24.8. The molecule has 1 N–H and O–H groups in total. The van der Waals surface area contributed by atoms with Gasteiger partial charge in [-0.05, 0) is 61.4 Å². The number of halogens is 1. The average molecular weight is 448 g/mol. The molecule has 0 unspecified atom stereocenters. The summed E-state index contributed by atoms with van der Waals surface area (Å²) in [5.74, 6) is 0.692. The van der Waals surface area contributed by atoms with Crippen LogP contribution in [0.4, 0.5) is 5.82 Å². The molecule has 1 atom stereocenters. The van der Waals surface area contributed by atoms with Gasteiger partial charge in [0.2, 0.25) is 5.28 Å². The van der Waals surface area contributed by atoms with Crippen molar-refractivity contribution in [3.8, 4) is 0 Å². The number of benzene rings is 1. The molecule has 30 heavy (non-hydrogen) atoms.